The first-order valence-corrected chi connectivity index (χ1v) is 5.67. The fourth-order valence-corrected chi connectivity index (χ4v) is 1.50. The lowest BCUT2D eigenvalue weighted by Crippen LogP contribution is -2.43. The highest BCUT2D eigenvalue weighted by atomic mass is 16.5. The lowest BCUT2D eigenvalue weighted by Gasteiger charge is -2.24. The molecule has 0 fully saturated rings. The highest BCUT2D eigenvalue weighted by Crippen LogP contribution is 2.12. The number of rotatable bonds is 5. The molecule has 0 amide bonds. The lowest BCUT2D eigenvalue weighted by atomic mass is 10.1. The Balaban J connectivity index is 0.00000106. The second kappa shape index (κ2) is 7.17. The van der Waals surface area contributed by atoms with Crippen molar-refractivity contribution in [2.24, 2.45) is 0 Å². The van der Waals surface area contributed by atoms with Crippen LogP contribution in [0, 0.1) is 6.92 Å². The molecule has 0 aliphatic carbocycles. The Morgan fingerprint density at radius 2 is 1.75 bits per heavy atom. The summed E-state index contributed by atoms with van der Waals surface area (Å²) in [6.07, 6.45) is 0. The van der Waals surface area contributed by atoms with Crippen LogP contribution < -0.4 is 15.8 Å². The second-order valence-corrected chi connectivity index (χ2v) is 3.20. The zero-order valence-corrected chi connectivity index (χ0v) is 10.8. The van der Waals surface area contributed by atoms with E-state index in [1.807, 2.05) is 25.7 Å². The van der Waals surface area contributed by atoms with Crippen molar-refractivity contribution in [3.05, 3.63) is 26.0 Å². The first-order chi connectivity index (χ1) is 7.63. The quantitative estimate of drug-likeness (QED) is 0.706. The molecule has 16 heavy (non-hydrogen) atoms. The van der Waals surface area contributed by atoms with Crippen LogP contribution >= 0.6 is 0 Å². The maximum absolute atomic E-state index is 11.2. The molecule has 0 aliphatic heterocycles. The molecule has 1 aromatic rings. The van der Waals surface area contributed by atoms with Gasteiger partial charge in [-0.15, -0.1) is 0 Å². The summed E-state index contributed by atoms with van der Waals surface area (Å²) in [6.45, 7) is 9.57. The predicted molar refractivity (Wildman–Crippen MR) is 67.2 cm³/mol. The summed E-state index contributed by atoms with van der Waals surface area (Å²) in [5, 5.41) is 0. The number of hydrogen-bond donors (Lipinski definition) is 0. The zero-order chi connectivity index (χ0) is 12.7. The van der Waals surface area contributed by atoms with Crippen LogP contribution in [0.3, 0.4) is 0 Å². The van der Waals surface area contributed by atoms with Crippen molar-refractivity contribution in [3.63, 3.8) is 0 Å². The van der Waals surface area contributed by atoms with Gasteiger partial charge in [-0.2, -0.15) is 0 Å². The van der Waals surface area contributed by atoms with Crippen molar-refractivity contribution in [1.82, 2.24) is 0 Å². The summed E-state index contributed by atoms with van der Waals surface area (Å²) >= 11 is 0. The van der Waals surface area contributed by atoms with Crippen molar-refractivity contribution in [2.75, 3.05) is 31.7 Å². The average molecular weight is 227 g/mol. The standard InChI is InChI=1S/C10H15NO3.C2H6/c1-4-11(5-6-14-3)8-7(2)9(12)10(8)13;1-2/h4-6H2,1-3H3;1-2H3. The monoisotopic (exact) mass is 227 g/mol. The van der Waals surface area contributed by atoms with Gasteiger partial charge >= 0.3 is 0 Å². The van der Waals surface area contributed by atoms with Crippen molar-refractivity contribution >= 4 is 5.69 Å². The van der Waals surface area contributed by atoms with E-state index >= 15 is 0 Å². The van der Waals surface area contributed by atoms with Crippen LogP contribution in [0.2, 0.25) is 0 Å². The van der Waals surface area contributed by atoms with Crippen LogP contribution in [0.5, 0.6) is 0 Å². The highest BCUT2D eigenvalue weighted by molar-refractivity contribution is 5.57. The predicted octanol–water partition coefficient (Wildman–Crippen LogP) is 1.09. The van der Waals surface area contributed by atoms with E-state index in [-0.39, 0.29) is 10.9 Å². The molecule has 0 N–H and O–H groups in total. The van der Waals surface area contributed by atoms with Crippen LogP contribution in [-0.4, -0.2) is 26.8 Å². The molecule has 0 saturated heterocycles. The van der Waals surface area contributed by atoms with E-state index in [2.05, 4.69) is 0 Å². The van der Waals surface area contributed by atoms with Crippen LogP contribution in [0.4, 0.5) is 5.69 Å². The molecule has 4 nitrogen and oxygen atoms in total. The molecule has 0 saturated carbocycles. The summed E-state index contributed by atoms with van der Waals surface area (Å²) in [4.78, 5) is 24.1. The van der Waals surface area contributed by atoms with Crippen molar-refractivity contribution in [2.45, 2.75) is 27.7 Å². The van der Waals surface area contributed by atoms with Gasteiger partial charge in [0, 0.05) is 25.8 Å². The third-order valence-electron chi connectivity index (χ3n) is 2.38. The fraction of sp³-hybridized carbons (Fsp3) is 0.667. The van der Waals surface area contributed by atoms with E-state index < -0.39 is 0 Å². The molecule has 1 aromatic carbocycles. The summed E-state index contributed by atoms with van der Waals surface area (Å²) in [5.41, 5.74) is 0.429. The minimum atomic E-state index is -0.361. The first-order valence-electron chi connectivity index (χ1n) is 5.67. The molecule has 1 rings (SSSR count). The van der Waals surface area contributed by atoms with Crippen molar-refractivity contribution in [3.8, 4) is 0 Å². The van der Waals surface area contributed by atoms with Gasteiger partial charge in [-0.05, 0) is 13.8 Å². The maximum atomic E-state index is 11.2. The van der Waals surface area contributed by atoms with E-state index in [0.717, 1.165) is 6.54 Å². The molecule has 0 atom stereocenters. The number of nitrogens with zero attached hydrogens (tertiary/aromatic N) is 1. The lowest BCUT2D eigenvalue weighted by molar-refractivity contribution is 0.205. The Kier molecular flexibility index (Phi) is 6.65. The Morgan fingerprint density at radius 3 is 2.12 bits per heavy atom. The summed E-state index contributed by atoms with van der Waals surface area (Å²) in [6, 6.07) is 0. The third kappa shape index (κ3) is 2.92. The average Bonchev–Trinajstić information content (AvgIpc) is 2.35. The molecule has 0 spiro atoms. The summed E-state index contributed by atoms with van der Waals surface area (Å²) < 4.78 is 4.93. The molecule has 0 heterocycles. The molecular weight excluding hydrogens is 206 g/mol. The first kappa shape index (κ1) is 14.8. The number of anilines is 1. The van der Waals surface area contributed by atoms with Gasteiger partial charge in [0.15, 0.2) is 0 Å². The molecular formula is C12H21NO3. The van der Waals surface area contributed by atoms with Crippen LogP contribution in [0.1, 0.15) is 26.3 Å². The Hall–Kier alpha value is -1.16. The number of methoxy groups -OCH3 is 1. The van der Waals surface area contributed by atoms with Crippen LogP contribution in [0.15, 0.2) is 9.59 Å². The molecule has 0 aliphatic rings. The second-order valence-electron chi connectivity index (χ2n) is 3.20. The Bertz CT molecular complexity index is 377. The van der Waals surface area contributed by atoms with Gasteiger partial charge in [0.25, 0.3) is 0 Å². The Labute approximate surface area is 96.5 Å². The van der Waals surface area contributed by atoms with Crippen molar-refractivity contribution in [1.29, 1.82) is 0 Å². The van der Waals surface area contributed by atoms with Gasteiger partial charge in [0.2, 0.25) is 10.9 Å². The van der Waals surface area contributed by atoms with Gasteiger partial charge in [-0.1, -0.05) is 13.8 Å². The van der Waals surface area contributed by atoms with Gasteiger partial charge in [0.05, 0.1) is 12.3 Å². The topological polar surface area (TPSA) is 46.6 Å². The molecule has 4 heteroatoms. The molecule has 92 valence electrons. The number of likely N-dealkylation sites (N-methyl/N-ethyl adjacent to an activating group) is 1. The van der Waals surface area contributed by atoms with Gasteiger partial charge in [-0.25, -0.2) is 0 Å². The van der Waals surface area contributed by atoms with Gasteiger partial charge in [-0.3, -0.25) is 9.59 Å². The van der Waals surface area contributed by atoms with E-state index in [1.54, 1.807) is 14.0 Å². The highest BCUT2D eigenvalue weighted by Gasteiger charge is 2.21. The normalized spacial score (nSPS) is 9.81. The minimum absolute atomic E-state index is 0.351. The summed E-state index contributed by atoms with van der Waals surface area (Å²) in [7, 11) is 1.61. The Morgan fingerprint density at radius 1 is 1.19 bits per heavy atom. The van der Waals surface area contributed by atoms with Gasteiger partial charge < -0.3 is 9.64 Å². The third-order valence-corrected chi connectivity index (χ3v) is 2.38. The maximum Gasteiger partial charge on any atom is 0.249 e. The van der Waals surface area contributed by atoms with Crippen molar-refractivity contribution < 1.29 is 4.74 Å². The molecule has 0 radical (unpaired) electrons. The van der Waals surface area contributed by atoms with Gasteiger partial charge in [0.1, 0.15) is 0 Å². The SMILES string of the molecule is CC.CCN(CCOC)c1c(C)c(=O)c1=O. The smallest absolute Gasteiger partial charge is 0.249 e. The van der Waals surface area contributed by atoms with Crippen LogP contribution in [0.25, 0.3) is 0 Å². The molecule has 0 aromatic heterocycles. The summed E-state index contributed by atoms with van der Waals surface area (Å²) in [5.74, 6) is 0. The van der Waals surface area contributed by atoms with Crippen LogP contribution in [-0.2, 0) is 4.74 Å². The van der Waals surface area contributed by atoms with E-state index in [9.17, 15) is 9.59 Å². The van der Waals surface area contributed by atoms with E-state index in [0.29, 0.717) is 24.4 Å². The fourth-order valence-electron chi connectivity index (χ4n) is 1.50. The molecule has 0 unspecified atom stereocenters. The van der Waals surface area contributed by atoms with E-state index in [1.165, 1.54) is 0 Å². The number of hydrogen-bond acceptors (Lipinski definition) is 4. The molecule has 0 bridgehead atoms. The number of ether oxygens (including phenoxy) is 1. The van der Waals surface area contributed by atoms with E-state index in [4.69, 9.17) is 4.74 Å². The minimum Gasteiger partial charge on any atom is -0.383 e. The zero-order valence-electron chi connectivity index (χ0n) is 10.8. The largest absolute Gasteiger partial charge is 0.383 e.